The fourth-order valence-corrected chi connectivity index (χ4v) is 9.01. The molecule has 4 heteroatoms. The minimum Gasteiger partial charge on any atom is -0.434 e. The van der Waals surface area contributed by atoms with E-state index >= 15 is 0 Å². The Hall–Kier alpha value is -7.43. The Bertz CT molecular complexity index is 3100. The maximum atomic E-state index is 7.03. The molecule has 0 saturated heterocycles. The molecule has 10 aromatic rings. The highest BCUT2D eigenvalue weighted by Gasteiger charge is 2.41. The van der Waals surface area contributed by atoms with Crippen molar-refractivity contribution >= 4 is 66.8 Å². The van der Waals surface area contributed by atoms with Gasteiger partial charge in [-0.25, -0.2) is 4.98 Å². The van der Waals surface area contributed by atoms with Crippen molar-refractivity contribution < 1.29 is 4.42 Å². The van der Waals surface area contributed by atoms with Crippen LogP contribution < -0.4 is 9.80 Å². The molecule has 9 aromatic carbocycles. The zero-order valence-corrected chi connectivity index (χ0v) is 32.3. The van der Waals surface area contributed by atoms with Gasteiger partial charge in [-0.15, -0.1) is 0 Å². The summed E-state index contributed by atoms with van der Waals surface area (Å²) in [6, 6.07) is 71.2. The predicted molar refractivity (Wildman–Crippen MR) is 241 cm³/mol. The second-order valence-electron chi connectivity index (χ2n) is 15.6. The number of anilines is 6. The highest BCUT2D eigenvalue weighted by Crippen LogP contribution is 2.58. The Morgan fingerprint density at radius 2 is 1.00 bits per heavy atom. The average molecular weight is 746 g/mol. The van der Waals surface area contributed by atoms with E-state index in [2.05, 4.69) is 206 Å². The van der Waals surface area contributed by atoms with Crippen LogP contribution in [0, 0.1) is 0 Å². The zero-order chi connectivity index (χ0) is 38.8. The molecule has 1 aliphatic rings. The van der Waals surface area contributed by atoms with E-state index in [-0.39, 0.29) is 5.41 Å². The van der Waals surface area contributed by atoms with Crippen LogP contribution >= 0.6 is 0 Å². The van der Waals surface area contributed by atoms with Crippen LogP contribution in [0.4, 0.5) is 34.1 Å². The molecule has 1 aliphatic carbocycles. The first-order valence-electron chi connectivity index (χ1n) is 19.9. The van der Waals surface area contributed by atoms with Crippen LogP contribution in [0.3, 0.4) is 0 Å². The molecule has 276 valence electrons. The highest BCUT2D eigenvalue weighted by atomic mass is 16.3. The number of hydrogen-bond donors (Lipinski definition) is 0. The van der Waals surface area contributed by atoms with E-state index in [0.717, 1.165) is 56.4 Å². The smallest absolute Gasteiger partial charge is 0.227 e. The SMILES string of the molecule is CC1(C)c2cc3ccc4ccccc4c3cc2-c2c1cc1nc(-c3ccccc3)oc1c2N(c1ccccc1)c1cccc(N(c2ccccc2)c2ccccc2)c1. The predicted octanol–water partition coefficient (Wildman–Crippen LogP) is 15.0. The van der Waals surface area contributed by atoms with Crippen LogP contribution in [0.15, 0.2) is 205 Å². The zero-order valence-electron chi connectivity index (χ0n) is 32.3. The van der Waals surface area contributed by atoms with Gasteiger partial charge in [-0.05, 0) is 123 Å². The van der Waals surface area contributed by atoms with Gasteiger partial charge in [0.2, 0.25) is 5.89 Å². The summed E-state index contributed by atoms with van der Waals surface area (Å²) >= 11 is 0. The maximum absolute atomic E-state index is 7.03. The van der Waals surface area contributed by atoms with E-state index in [1.54, 1.807) is 0 Å². The van der Waals surface area contributed by atoms with Crippen molar-refractivity contribution in [2.24, 2.45) is 0 Å². The van der Waals surface area contributed by atoms with Gasteiger partial charge in [0, 0.05) is 45.0 Å². The largest absolute Gasteiger partial charge is 0.434 e. The first-order valence-corrected chi connectivity index (χ1v) is 19.9. The summed E-state index contributed by atoms with van der Waals surface area (Å²) in [7, 11) is 0. The quantitative estimate of drug-likeness (QED) is 0.152. The van der Waals surface area contributed by atoms with E-state index in [1.165, 1.54) is 38.2 Å². The van der Waals surface area contributed by atoms with Crippen LogP contribution in [0.25, 0.3) is 55.2 Å². The van der Waals surface area contributed by atoms with Crippen LogP contribution in [0.2, 0.25) is 0 Å². The molecule has 0 amide bonds. The lowest BCUT2D eigenvalue weighted by atomic mass is 9.81. The van der Waals surface area contributed by atoms with Crippen molar-refractivity contribution in [2.45, 2.75) is 19.3 Å². The lowest BCUT2D eigenvalue weighted by Crippen LogP contribution is -2.16. The third kappa shape index (κ3) is 5.41. The van der Waals surface area contributed by atoms with Crippen LogP contribution in [-0.2, 0) is 5.41 Å². The number of aromatic nitrogens is 1. The van der Waals surface area contributed by atoms with Gasteiger partial charge in [0.15, 0.2) is 5.58 Å². The van der Waals surface area contributed by atoms with Crippen LogP contribution in [0.5, 0.6) is 0 Å². The molecule has 11 rings (SSSR count). The summed E-state index contributed by atoms with van der Waals surface area (Å²) in [5.41, 5.74) is 13.3. The van der Waals surface area contributed by atoms with Gasteiger partial charge in [-0.1, -0.05) is 129 Å². The Balaban J connectivity index is 1.23. The number of para-hydroxylation sites is 3. The minimum atomic E-state index is -0.319. The van der Waals surface area contributed by atoms with Gasteiger partial charge >= 0.3 is 0 Å². The summed E-state index contributed by atoms with van der Waals surface area (Å²) in [6.07, 6.45) is 0. The average Bonchev–Trinajstić information content (AvgIpc) is 3.80. The number of oxazole rings is 1. The Morgan fingerprint density at radius 3 is 1.67 bits per heavy atom. The van der Waals surface area contributed by atoms with Gasteiger partial charge in [-0.3, -0.25) is 0 Å². The fraction of sp³-hybridized carbons (Fsp3) is 0.0556. The molecule has 0 radical (unpaired) electrons. The molecule has 0 atom stereocenters. The molecule has 0 fully saturated rings. The first-order chi connectivity index (χ1) is 28.5. The molecular weight excluding hydrogens is 707 g/mol. The number of nitrogens with zero attached hydrogens (tertiary/aromatic N) is 3. The Morgan fingerprint density at radius 1 is 0.448 bits per heavy atom. The molecule has 1 heterocycles. The monoisotopic (exact) mass is 745 g/mol. The normalized spacial score (nSPS) is 12.8. The van der Waals surface area contributed by atoms with Crippen molar-refractivity contribution in [1.82, 2.24) is 4.98 Å². The van der Waals surface area contributed by atoms with Crippen molar-refractivity contribution in [1.29, 1.82) is 0 Å². The van der Waals surface area contributed by atoms with Crippen molar-refractivity contribution in [3.63, 3.8) is 0 Å². The lowest BCUT2D eigenvalue weighted by Gasteiger charge is -2.31. The molecule has 0 N–H and O–H groups in total. The minimum absolute atomic E-state index is 0.319. The van der Waals surface area contributed by atoms with Gasteiger partial charge < -0.3 is 14.2 Å². The summed E-state index contributed by atoms with van der Waals surface area (Å²) in [6.45, 7) is 4.70. The molecule has 58 heavy (non-hydrogen) atoms. The van der Waals surface area contributed by atoms with E-state index in [1.807, 2.05) is 18.2 Å². The van der Waals surface area contributed by atoms with E-state index in [9.17, 15) is 0 Å². The number of rotatable bonds is 7. The molecule has 0 bridgehead atoms. The van der Waals surface area contributed by atoms with Gasteiger partial charge in [-0.2, -0.15) is 0 Å². The van der Waals surface area contributed by atoms with Gasteiger partial charge in [0.1, 0.15) is 5.52 Å². The number of hydrogen-bond acceptors (Lipinski definition) is 4. The molecule has 0 spiro atoms. The fourth-order valence-electron chi connectivity index (χ4n) is 9.01. The van der Waals surface area contributed by atoms with Gasteiger partial charge in [0.05, 0.1) is 5.69 Å². The van der Waals surface area contributed by atoms with E-state index < -0.39 is 0 Å². The third-order valence-corrected chi connectivity index (χ3v) is 11.8. The van der Waals surface area contributed by atoms with Crippen LogP contribution in [-0.4, -0.2) is 4.98 Å². The Kier molecular flexibility index (Phi) is 7.80. The molecule has 4 nitrogen and oxygen atoms in total. The van der Waals surface area contributed by atoms with Crippen molar-refractivity contribution in [3.05, 3.63) is 211 Å². The molecule has 0 saturated carbocycles. The van der Waals surface area contributed by atoms with E-state index in [0.29, 0.717) is 5.89 Å². The second-order valence-corrected chi connectivity index (χ2v) is 15.6. The summed E-state index contributed by atoms with van der Waals surface area (Å²) < 4.78 is 7.03. The summed E-state index contributed by atoms with van der Waals surface area (Å²) in [4.78, 5) is 9.94. The highest BCUT2D eigenvalue weighted by molar-refractivity contribution is 6.13. The molecule has 1 aromatic heterocycles. The number of benzene rings is 9. The molecule has 0 unspecified atom stereocenters. The number of fused-ring (bicyclic) bond motifs is 7. The molecule has 0 aliphatic heterocycles. The Labute approximate surface area is 337 Å². The van der Waals surface area contributed by atoms with Crippen molar-refractivity contribution in [2.75, 3.05) is 9.80 Å². The standard InChI is InChI=1S/C54H39N3O/c1-54(2)47-32-38-31-30-36-18-15-16-29-44(36)45(38)34-46(47)50-48(54)35-49-52(58-53(55-49)37-19-7-3-8-20-37)51(50)57(41-25-13-6-14-26-41)43-28-17-27-42(33-43)56(39-21-9-4-10-22-39)40-23-11-5-12-24-40/h3-35H,1-2H3. The molecular formula is C54H39N3O. The summed E-state index contributed by atoms with van der Waals surface area (Å²) in [5, 5.41) is 4.96. The van der Waals surface area contributed by atoms with Gasteiger partial charge in [0.25, 0.3) is 0 Å². The third-order valence-electron chi connectivity index (χ3n) is 11.8. The lowest BCUT2D eigenvalue weighted by molar-refractivity contribution is 0.620. The first kappa shape index (κ1) is 33.9. The van der Waals surface area contributed by atoms with Crippen LogP contribution in [0.1, 0.15) is 25.0 Å². The summed E-state index contributed by atoms with van der Waals surface area (Å²) in [5.74, 6) is 0.601. The topological polar surface area (TPSA) is 32.5 Å². The van der Waals surface area contributed by atoms with E-state index in [4.69, 9.17) is 9.40 Å². The maximum Gasteiger partial charge on any atom is 0.227 e. The second kappa shape index (κ2) is 13.4. The van der Waals surface area contributed by atoms with Crippen molar-refractivity contribution in [3.8, 4) is 22.6 Å².